The van der Waals surface area contributed by atoms with Gasteiger partial charge in [0.05, 0.1) is 0 Å². The van der Waals surface area contributed by atoms with E-state index in [0.717, 1.165) is 0 Å². The Bertz CT molecular complexity index is 147. The average Bonchev–Trinajstić information content (AvgIpc) is 2.10. The highest BCUT2D eigenvalue weighted by atomic mass is 14.9. The maximum absolute atomic E-state index is 3.35. The van der Waals surface area contributed by atoms with Crippen molar-refractivity contribution in [3.8, 4) is 0 Å². The van der Waals surface area contributed by atoms with Crippen LogP contribution in [0, 0.1) is 5.41 Å². The van der Waals surface area contributed by atoms with E-state index in [-0.39, 0.29) is 0 Å². The molecule has 0 fully saturated rings. The van der Waals surface area contributed by atoms with E-state index in [1.54, 1.807) is 0 Å². The minimum absolute atomic E-state index is 0.487. The van der Waals surface area contributed by atoms with Crippen LogP contribution in [0.25, 0.3) is 0 Å². The topological polar surface area (TPSA) is 12.0 Å². The maximum atomic E-state index is 3.35. The molecule has 1 N–H and O–H groups in total. The highest BCUT2D eigenvalue weighted by Crippen LogP contribution is 2.30. The number of rotatable bonds is 1. The van der Waals surface area contributed by atoms with E-state index in [2.05, 4.69) is 38.4 Å². The molecule has 0 saturated carbocycles. The second kappa shape index (κ2) is 3.40. The first kappa shape index (κ1) is 8.79. The van der Waals surface area contributed by atoms with Crippen molar-refractivity contribution in [1.29, 1.82) is 0 Å². The Morgan fingerprint density at radius 2 is 2.09 bits per heavy atom. The fraction of sp³-hybridized carbons (Fsp3) is 0.800. The molecule has 0 aromatic heterocycles. The van der Waals surface area contributed by atoms with Crippen LogP contribution in [0.15, 0.2) is 12.2 Å². The molecule has 0 spiro atoms. The van der Waals surface area contributed by atoms with Gasteiger partial charge in [-0.25, -0.2) is 0 Å². The molecule has 0 radical (unpaired) electrons. The molecule has 1 unspecified atom stereocenters. The van der Waals surface area contributed by atoms with Crippen molar-refractivity contribution in [3.05, 3.63) is 12.2 Å². The standard InChI is InChI=1S/C10H19N/c1-10(2)7-5-4-6-9(8-10)11-3/h4-5,9,11H,6-8H2,1-3H3. The second-order valence-electron chi connectivity index (χ2n) is 4.27. The first-order valence-corrected chi connectivity index (χ1v) is 4.46. The van der Waals surface area contributed by atoms with Crippen LogP contribution >= 0.6 is 0 Å². The van der Waals surface area contributed by atoms with E-state index in [1.807, 2.05) is 0 Å². The van der Waals surface area contributed by atoms with Gasteiger partial charge in [-0.05, 0) is 31.7 Å². The fourth-order valence-electron chi connectivity index (χ4n) is 1.72. The average molecular weight is 153 g/mol. The van der Waals surface area contributed by atoms with Crippen molar-refractivity contribution in [2.45, 2.75) is 39.2 Å². The van der Waals surface area contributed by atoms with E-state index in [1.165, 1.54) is 19.3 Å². The van der Waals surface area contributed by atoms with Gasteiger partial charge in [0, 0.05) is 6.04 Å². The summed E-state index contributed by atoms with van der Waals surface area (Å²) in [6, 6.07) is 0.684. The van der Waals surface area contributed by atoms with Crippen LogP contribution in [0.2, 0.25) is 0 Å². The van der Waals surface area contributed by atoms with E-state index in [9.17, 15) is 0 Å². The largest absolute Gasteiger partial charge is 0.317 e. The van der Waals surface area contributed by atoms with Gasteiger partial charge >= 0.3 is 0 Å². The Morgan fingerprint density at radius 3 is 2.73 bits per heavy atom. The molecule has 1 atom stereocenters. The van der Waals surface area contributed by atoms with E-state index in [4.69, 9.17) is 0 Å². The minimum Gasteiger partial charge on any atom is -0.317 e. The number of allylic oxidation sites excluding steroid dienone is 1. The van der Waals surface area contributed by atoms with Gasteiger partial charge in [0.15, 0.2) is 0 Å². The molecule has 0 aromatic carbocycles. The molecule has 1 heteroatoms. The molecule has 0 aromatic rings. The Morgan fingerprint density at radius 1 is 1.36 bits per heavy atom. The van der Waals surface area contributed by atoms with E-state index in [0.29, 0.717) is 11.5 Å². The Hall–Kier alpha value is -0.300. The lowest BCUT2D eigenvalue weighted by Crippen LogP contribution is -2.29. The molecule has 0 saturated heterocycles. The zero-order valence-corrected chi connectivity index (χ0v) is 7.85. The van der Waals surface area contributed by atoms with Crippen LogP contribution in [0.3, 0.4) is 0 Å². The van der Waals surface area contributed by atoms with Crippen LogP contribution in [0.1, 0.15) is 33.1 Å². The number of hydrogen-bond acceptors (Lipinski definition) is 1. The summed E-state index contributed by atoms with van der Waals surface area (Å²) in [6.45, 7) is 4.68. The van der Waals surface area contributed by atoms with Crippen LogP contribution in [-0.4, -0.2) is 13.1 Å². The van der Waals surface area contributed by atoms with Crippen molar-refractivity contribution in [2.75, 3.05) is 7.05 Å². The third kappa shape index (κ3) is 2.66. The molecule has 0 amide bonds. The van der Waals surface area contributed by atoms with E-state index < -0.39 is 0 Å². The van der Waals surface area contributed by atoms with Crippen molar-refractivity contribution in [3.63, 3.8) is 0 Å². The minimum atomic E-state index is 0.487. The summed E-state index contributed by atoms with van der Waals surface area (Å²) >= 11 is 0. The van der Waals surface area contributed by atoms with Crippen molar-refractivity contribution in [1.82, 2.24) is 5.32 Å². The normalized spacial score (nSPS) is 29.9. The molecule has 1 aliphatic carbocycles. The molecule has 1 rings (SSSR count). The SMILES string of the molecule is CNC1CC=CCC(C)(C)C1. The lowest BCUT2D eigenvalue weighted by molar-refractivity contribution is 0.298. The van der Waals surface area contributed by atoms with Crippen LogP contribution in [-0.2, 0) is 0 Å². The number of hydrogen-bond donors (Lipinski definition) is 1. The summed E-state index contributed by atoms with van der Waals surface area (Å²) < 4.78 is 0. The maximum Gasteiger partial charge on any atom is 0.0104 e. The smallest absolute Gasteiger partial charge is 0.0104 e. The van der Waals surface area contributed by atoms with Gasteiger partial charge in [0.2, 0.25) is 0 Å². The van der Waals surface area contributed by atoms with Gasteiger partial charge < -0.3 is 5.32 Å². The summed E-state index contributed by atoms with van der Waals surface area (Å²) in [4.78, 5) is 0. The van der Waals surface area contributed by atoms with Gasteiger partial charge in [-0.15, -0.1) is 0 Å². The molecule has 0 bridgehead atoms. The lowest BCUT2D eigenvalue weighted by atomic mass is 9.84. The predicted octanol–water partition coefficient (Wildman–Crippen LogP) is 2.34. The summed E-state index contributed by atoms with van der Waals surface area (Å²) in [5, 5.41) is 3.35. The molecule has 0 aliphatic heterocycles. The van der Waals surface area contributed by atoms with Crippen LogP contribution in [0.5, 0.6) is 0 Å². The van der Waals surface area contributed by atoms with Crippen molar-refractivity contribution >= 4 is 0 Å². The van der Waals surface area contributed by atoms with Gasteiger partial charge in [-0.3, -0.25) is 0 Å². The highest BCUT2D eigenvalue weighted by Gasteiger charge is 2.22. The van der Waals surface area contributed by atoms with Gasteiger partial charge in [0.1, 0.15) is 0 Å². The van der Waals surface area contributed by atoms with Gasteiger partial charge in [-0.2, -0.15) is 0 Å². The Kier molecular flexibility index (Phi) is 2.72. The molecule has 1 nitrogen and oxygen atoms in total. The van der Waals surface area contributed by atoms with Crippen molar-refractivity contribution < 1.29 is 0 Å². The monoisotopic (exact) mass is 153 g/mol. The van der Waals surface area contributed by atoms with E-state index >= 15 is 0 Å². The molecular formula is C10H19N. The summed E-state index contributed by atoms with van der Waals surface area (Å²) in [5.41, 5.74) is 0.487. The summed E-state index contributed by atoms with van der Waals surface area (Å²) in [7, 11) is 2.06. The quantitative estimate of drug-likeness (QED) is 0.570. The molecule has 11 heavy (non-hydrogen) atoms. The van der Waals surface area contributed by atoms with Crippen LogP contribution < -0.4 is 5.32 Å². The summed E-state index contributed by atoms with van der Waals surface area (Å²) in [6.07, 6.45) is 8.33. The first-order chi connectivity index (χ1) is 5.14. The number of nitrogens with one attached hydrogen (secondary N) is 1. The van der Waals surface area contributed by atoms with Crippen molar-refractivity contribution in [2.24, 2.45) is 5.41 Å². The predicted molar refractivity (Wildman–Crippen MR) is 49.6 cm³/mol. The molecule has 64 valence electrons. The van der Waals surface area contributed by atoms with Crippen LogP contribution in [0.4, 0.5) is 0 Å². The first-order valence-electron chi connectivity index (χ1n) is 4.46. The second-order valence-corrected chi connectivity index (χ2v) is 4.27. The molecule has 0 heterocycles. The Labute approximate surface area is 69.9 Å². The van der Waals surface area contributed by atoms with Gasteiger partial charge in [-0.1, -0.05) is 26.0 Å². The fourth-order valence-corrected chi connectivity index (χ4v) is 1.72. The lowest BCUT2D eigenvalue weighted by Gasteiger charge is -2.25. The highest BCUT2D eigenvalue weighted by molar-refractivity contribution is 4.96. The third-order valence-corrected chi connectivity index (χ3v) is 2.46. The molecule has 1 aliphatic rings. The summed E-state index contributed by atoms with van der Waals surface area (Å²) in [5.74, 6) is 0. The third-order valence-electron chi connectivity index (χ3n) is 2.46. The Balaban J connectivity index is 2.56. The van der Waals surface area contributed by atoms with Gasteiger partial charge in [0.25, 0.3) is 0 Å². The zero-order chi connectivity index (χ0) is 8.32. The zero-order valence-electron chi connectivity index (χ0n) is 7.85. The molecular weight excluding hydrogens is 134 g/mol.